The van der Waals surface area contributed by atoms with Crippen molar-refractivity contribution < 1.29 is 19.1 Å². The lowest BCUT2D eigenvalue weighted by Gasteiger charge is -2.23. The van der Waals surface area contributed by atoms with E-state index in [1.807, 2.05) is 31.2 Å². The van der Waals surface area contributed by atoms with E-state index in [9.17, 15) is 9.59 Å². The van der Waals surface area contributed by atoms with E-state index in [2.05, 4.69) is 10.2 Å². The number of esters is 1. The molecule has 0 spiro atoms. The molecule has 0 saturated carbocycles. The van der Waals surface area contributed by atoms with E-state index in [0.717, 1.165) is 5.56 Å². The van der Waals surface area contributed by atoms with Crippen molar-refractivity contribution in [2.24, 2.45) is 5.73 Å². The molecule has 0 radical (unpaired) electrons. The number of hydrogen-bond acceptors (Lipinski definition) is 5. The Hall–Kier alpha value is -3.22. The zero-order valence-corrected chi connectivity index (χ0v) is 14.2. The number of hydrogen-bond donors (Lipinski definition) is 2. The molecule has 7 heteroatoms. The summed E-state index contributed by atoms with van der Waals surface area (Å²) in [7, 11) is 1.27. The molecule has 0 saturated heterocycles. The fraction of sp³-hybridized carbons (Fsp3) is 0.222. The molecule has 7 nitrogen and oxygen atoms in total. The van der Waals surface area contributed by atoms with Gasteiger partial charge in [-0.05, 0) is 24.6 Å². The number of nitrogens with two attached hydrogens (primary N) is 1. The highest BCUT2D eigenvalue weighted by molar-refractivity contribution is 5.79. The highest BCUT2D eigenvalue weighted by atomic mass is 16.5. The van der Waals surface area contributed by atoms with Crippen molar-refractivity contribution in [2.75, 3.05) is 18.7 Å². The molecule has 2 rings (SSSR count). The summed E-state index contributed by atoms with van der Waals surface area (Å²) in [5, 5.41) is 1.30. The highest BCUT2D eigenvalue weighted by Gasteiger charge is 2.14. The van der Waals surface area contributed by atoms with Gasteiger partial charge in [0, 0.05) is 6.07 Å². The Labute approximate surface area is 146 Å². The predicted molar refractivity (Wildman–Crippen MR) is 94.0 cm³/mol. The van der Waals surface area contributed by atoms with E-state index in [1.165, 1.54) is 17.7 Å². The standard InChI is InChI=1S/C18H21N3O4/c1-13-6-8-14(9-7-13)12-25-16-5-3-4-15(10-16)21(20-18(19)23)11-17(22)24-2/h3-10H,11-12H2,1-2H3,(H3,19,20,23). The number of rotatable bonds is 7. The van der Waals surface area contributed by atoms with Crippen LogP contribution >= 0.6 is 0 Å². The molecule has 0 bridgehead atoms. The third-order valence-corrected chi connectivity index (χ3v) is 3.42. The fourth-order valence-electron chi connectivity index (χ4n) is 2.11. The maximum Gasteiger partial charge on any atom is 0.330 e. The van der Waals surface area contributed by atoms with Gasteiger partial charge in [0.25, 0.3) is 0 Å². The lowest BCUT2D eigenvalue weighted by molar-refractivity contribution is -0.139. The minimum absolute atomic E-state index is 0.180. The number of benzene rings is 2. The molecule has 2 aromatic rings. The second-order valence-corrected chi connectivity index (χ2v) is 5.41. The van der Waals surface area contributed by atoms with Crippen LogP contribution in [0.1, 0.15) is 11.1 Å². The Morgan fingerprint density at radius 3 is 2.52 bits per heavy atom. The number of nitrogens with one attached hydrogen (secondary N) is 1. The second kappa shape index (κ2) is 8.58. The quantitative estimate of drug-likeness (QED) is 0.593. The van der Waals surface area contributed by atoms with Crippen molar-refractivity contribution in [3.8, 4) is 5.75 Å². The van der Waals surface area contributed by atoms with Crippen LogP contribution in [0.2, 0.25) is 0 Å². The van der Waals surface area contributed by atoms with Crippen molar-refractivity contribution >= 4 is 17.7 Å². The summed E-state index contributed by atoms with van der Waals surface area (Å²) in [6.45, 7) is 2.25. The average molecular weight is 343 g/mol. The molecule has 3 N–H and O–H groups in total. The summed E-state index contributed by atoms with van der Waals surface area (Å²) in [6, 6.07) is 14.2. The zero-order chi connectivity index (χ0) is 18.2. The SMILES string of the molecule is COC(=O)CN(NC(N)=O)c1cccc(OCc2ccc(C)cc2)c1. The van der Waals surface area contributed by atoms with Crippen LogP contribution in [-0.4, -0.2) is 25.7 Å². The third-order valence-electron chi connectivity index (χ3n) is 3.42. The Kier molecular flexibility index (Phi) is 6.22. The van der Waals surface area contributed by atoms with Crippen molar-refractivity contribution in [1.82, 2.24) is 5.43 Å². The molecule has 0 unspecified atom stereocenters. The molecular formula is C18H21N3O4. The van der Waals surface area contributed by atoms with Gasteiger partial charge < -0.3 is 15.2 Å². The number of amides is 2. The summed E-state index contributed by atoms with van der Waals surface area (Å²) in [4.78, 5) is 22.7. The smallest absolute Gasteiger partial charge is 0.330 e. The first kappa shape index (κ1) is 18.1. The van der Waals surface area contributed by atoms with Gasteiger partial charge in [0.15, 0.2) is 0 Å². The largest absolute Gasteiger partial charge is 0.489 e. The van der Waals surface area contributed by atoms with Crippen molar-refractivity contribution in [2.45, 2.75) is 13.5 Å². The van der Waals surface area contributed by atoms with Crippen molar-refractivity contribution in [3.05, 3.63) is 59.7 Å². The molecule has 0 aliphatic heterocycles. The molecule has 0 aliphatic rings. The van der Waals surface area contributed by atoms with Gasteiger partial charge in [-0.2, -0.15) is 0 Å². The van der Waals surface area contributed by atoms with Crippen molar-refractivity contribution in [3.63, 3.8) is 0 Å². The van der Waals surface area contributed by atoms with Gasteiger partial charge in [0.05, 0.1) is 12.8 Å². The molecule has 25 heavy (non-hydrogen) atoms. The highest BCUT2D eigenvalue weighted by Crippen LogP contribution is 2.21. The van der Waals surface area contributed by atoms with E-state index in [1.54, 1.807) is 24.3 Å². The molecule has 0 atom stereocenters. The molecule has 0 fully saturated rings. The van der Waals surface area contributed by atoms with Crippen LogP contribution in [0.3, 0.4) is 0 Å². The van der Waals surface area contributed by atoms with Gasteiger partial charge in [-0.1, -0.05) is 35.9 Å². The van der Waals surface area contributed by atoms with Gasteiger partial charge >= 0.3 is 12.0 Å². The normalized spacial score (nSPS) is 10.0. The number of anilines is 1. The minimum atomic E-state index is -0.783. The Morgan fingerprint density at radius 2 is 1.88 bits per heavy atom. The van der Waals surface area contributed by atoms with Gasteiger partial charge in [0.1, 0.15) is 18.9 Å². The summed E-state index contributed by atoms with van der Waals surface area (Å²) < 4.78 is 10.4. The van der Waals surface area contributed by atoms with Crippen LogP contribution in [0.25, 0.3) is 0 Å². The molecule has 2 aromatic carbocycles. The van der Waals surface area contributed by atoms with Crippen molar-refractivity contribution in [1.29, 1.82) is 0 Å². The Bertz CT molecular complexity index is 731. The van der Waals surface area contributed by atoms with E-state index < -0.39 is 12.0 Å². The minimum Gasteiger partial charge on any atom is -0.489 e. The van der Waals surface area contributed by atoms with Gasteiger partial charge in [-0.25, -0.2) is 10.2 Å². The van der Waals surface area contributed by atoms with Gasteiger partial charge in [0.2, 0.25) is 0 Å². The predicted octanol–water partition coefficient (Wildman–Crippen LogP) is 2.14. The van der Waals surface area contributed by atoms with Crippen LogP contribution in [0.4, 0.5) is 10.5 Å². The van der Waals surface area contributed by atoms with Crippen LogP contribution < -0.4 is 20.9 Å². The van der Waals surface area contributed by atoms with E-state index in [4.69, 9.17) is 10.5 Å². The van der Waals surface area contributed by atoms with Crippen LogP contribution in [0, 0.1) is 6.92 Å². The monoisotopic (exact) mass is 343 g/mol. The van der Waals surface area contributed by atoms with E-state index in [0.29, 0.717) is 18.0 Å². The first-order chi connectivity index (χ1) is 12.0. The lowest BCUT2D eigenvalue weighted by atomic mass is 10.2. The number of aryl methyl sites for hydroxylation is 1. The second-order valence-electron chi connectivity index (χ2n) is 5.41. The number of nitrogens with zero attached hydrogens (tertiary/aromatic N) is 1. The molecular weight excluding hydrogens is 322 g/mol. The van der Waals surface area contributed by atoms with E-state index in [-0.39, 0.29) is 6.54 Å². The van der Waals surface area contributed by atoms with Crippen LogP contribution in [0.15, 0.2) is 48.5 Å². The number of urea groups is 1. The van der Waals surface area contributed by atoms with Gasteiger partial charge in [-0.3, -0.25) is 9.80 Å². The summed E-state index contributed by atoms with van der Waals surface area (Å²) in [5.74, 6) is 0.0824. The first-order valence-electron chi connectivity index (χ1n) is 7.67. The van der Waals surface area contributed by atoms with E-state index >= 15 is 0 Å². The molecule has 0 aliphatic carbocycles. The topological polar surface area (TPSA) is 93.9 Å². The van der Waals surface area contributed by atoms with Gasteiger partial charge in [-0.15, -0.1) is 0 Å². The maximum atomic E-state index is 11.5. The number of ether oxygens (including phenoxy) is 2. The molecule has 0 heterocycles. The Morgan fingerprint density at radius 1 is 1.16 bits per heavy atom. The third kappa shape index (κ3) is 5.72. The average Bonchev–Trinajstić information content (AvgIpc) is 2.60. The summed E-state index contributed by atoms with van der Waals surface area (Å²) >= 11 is 0. The molecule has 132 valence electrons. The number of carbonyl (C=O) groups excluding carboxylic acids is 2. The zero-order valence-electron chi connectivity index (χ0n) is 14.2. The summed E-state index contributed by atoms with van der Waals surface area (Å²) in [6.07, 6.45) is 0. The number of hydrazine groups is 1. The lowest BCUT2D eigenvalue weighted by Crippen LogP contribution is -2.47. The van der Waals surface area contributed by atoms with Crippen LogP contribution in [-0.2, 0) is 16.1 Å². The number of carbonyl (C=O) groups is 2. The van der Waals surface area contributed by atoms with Crippen LogP contribution in [0.5, 0.6) is 5.75 Å². The maximum absolute atomic E-state index is 11.5. The number of primary amides is 1. The summed E-state index contributed by atoms with van der Waals surface area (Å²) in [5.41, 5.74) is 10.3. The molecule has 2 amide bonds. The fourth-order valence-corrected chi connectivity index (χ4v) is 2.11. The first-order valence-corrected chi connectivity index (χ1v) is 7.67. The number of methoxy groups -OCH3 is 1. The molecule has 0 aromatic heterocycles. The Balaban J connectivity index is 2.09.